The number of para-hydroxylation sites is 1. The Balaban J connectivity index is 1.60. The van der Waals surface area contributed by atoms with Gasteiger partial charge in [-0.3, -0.25) is 0 Å². The Bertz CT molecular complexity index is 945. The Morgan fingerprint density at radius 3 is 2.37 bits per heavy atom. The third-order valence-corrected chi connectivity index (χ3v) is 5.07. The second-order valence-corrected chi connectivity index (χ2v) is 7.26. The summed E-state index contributed by atoms with van der Waals surface area (Å²) in [6, 6.07) is 22.1. The number of hydrogen-bond donors (Lipinski definition) is 0. The lowest BCUT2D eigenvalue weighted by molar-refractivity contribution is -0.0498. The number of allylic oxidation sites excluding steroid dienone is 1. The molecule has 0 N–H and O–H groups in total. The number of alkyl halides is 2. The molecule has 2 aromatic carbocycles. The Morgan fingerprint density at radius 2 is 1.70 bits per heavy atom. The van der Waals surface area contributed by atoms with Crippen LogP contribution in [0.3, 0.4) is 0 Å². The van der Waals surface area contributed by atoms with Crippen LogP contribution in [0.25, 0.3) is 0 Å². The maximum absolute atomic E-state index is 12.3. The largest absolute Gasteiger partial charge is 0.439 e. The number of pyridine rings is 1. The third kappa shape index (κ3) is 5.89. The Morgan fingerprint density at radius 1 is 0.967 bits per heavy atom. The zero-order chi connectivity index (χ0) is 21.4. The van der Waals surface area contributed by atoms with Crippen LogP contribution in [0.4, 0.5) is 8.78 Å². The van der Waals surface area contributed by atoms with E-state index in [4.69, 9.17) is 4.74 Å². The van der Waals surface area contributed by atoms with Crippen LogP contribution >= 0.6 is 0 Å². The fourth-order valence-electron chi connectivity index (χ4n) is 3.28. The van der Waals surface area contributed by atoms with Crippen molar-refractivity contribution in [3.05, 3.63) is 96.7 Å². The highest BCUT2D eigenvalue weighted by Gasteiger charge is 2.22. The van der Waals surface area contributed by atoms with Crippen molar-refractivity contribution in [3.63, 3.8) is 0 Å². The zero-order valence-electron chi connectivity index (χ0n) is 16.9. The lowest BCUT2D eigenvalue weighted by atomic mass is 9.78. The summed E-state index contributed by atoms with van der Waals surface area (Å²) in [5, 5.41) is 0. The molecule has 0 radical (unpaired) electrons. The number of halogens is 2. The maximum Gasteiger partial charge on any atom is 0.387 e. The summed E-state index contributed by atoms with van der Waals surface area (Å²) < 4.78 is 34.9. The number of ether oxygens (including phenoxy) is 2. The molecule has 0 bridgehead atoms. The molecule has 0 aliphatic rings. The van der Waals surface area contributed by atoms with Gasteiger partial charge in [0, 0.05) is 17.2 Å². The normalized spacial score (nSPS) is 12.9. The van der Waals surface area contributed by atoms with E-state index in [1.54, 1.807) is 12.1 Å². The van der Waals surface area contributed by atoms with Crippen molar-refractivity contribution in [1.82, 2.24) is 4.98 Å². The van der Waals surface area contributed by atoms with E-state index in [1.165, 1.54) is 0 Å². The minimum Gasteiger partial charge on any atom is -0.439 e. The minimum atomic E-state index is -2.82. The number of rotatable bonds is 10. The predicted molar refractivity (Wildman–Crippen MR) is 114 cm³/mol. The summed E-state index contributed by atoms with van der Waals surface area (Å²) in [5.74, 6) is 1.47. The molecule has 0 saturated carbocycles. The third-order valence-electron chi connectivity index (χ3n) is 5.07. The van der Waals surface area contributed by atoms with Crippen LogP contribution in [-0.2, 0) is 11.8 Å². The quantitative estimate of drug-likeness (QED) is 0.340. The van der Waals surface area contributed by atoms with Crippen LogP contribution in [-0.4, -0.2) is 11.6 Å². The van der Waals surface area contributed by atoms with Gasteiger partial charge in [0.15, 0.2) is 0 Å². The van der Waals surface area contributed by atoms with Gasteiger partial charge >= 0.3 is 6.61 Å². The van der Waals surface area contributed by atoms with E-state index in [0.717, 1.165) is 36.3 Å². The first-order valence-electron chi connectivity index (χ1n) is 9.86. The van der Waals surface area contributed by atoms with Crippen molar-refractivity contribution in [1.29, 1.82) is 0 Å². The number of aryl methyl sites for hydroxylation is 1. The molecule has 0 aliphatic heterocycles. The summed E-state index contributed by atoms with van der Waals surface area (Å²) in [4.78, 5) is 4.59. The first-order chi connectivity index (χ1) is 14.5. The van der Waals surface area contributed by atoms with E-state index in [9.17, 15) is 8.78 Å². The molecule has 0 fully saturated rings. The van der Waals surface area contributed by atoms with Crippen molar-refractivity contribution in [2.45, 2.75) is 38.2 Å². The van der Waals surface area contributed by atoms with Gasteiger partial charge in [-0.05, 0) is 55.2 Å². The molecular formula is C25H25F2NO2. The van der Waals surface area contributed by atoms with Gasteiger partial charge in [0.05, 0.1) is 0 Å². The van der Waals surface area contributed by atoms with Gasteiger partial charge in [0.2, 0.25) is 5.88 Å². The lowest BCUT2D eigenvalue weighted by Gasteiger charge is -2.26. The molecule has 0 saturated heterocycles. The molecule has 1 heterocycles. The van der Waals surface area contributed by atoms with E-state index in [-0.39, 0.29) is 11.2 Å². The van der Waals surface area contributed by atoms with Crippen molar-refractivity contribution < 1.29 is 18.3 Å². The standard InChI is InChI=1S/C25H25F2NO2/c1-3-25(2,19-14-16-22(17-15-19)30-24(26)27)18-8-10-20-9-7-13-23(28-20)29-21-11-5-4-6-12-21/h3-7,9,11-17,24H,1,8,10,18H2,2H3. The summed E-state index contributed by atoms with van der Waals surface area (Å²) in [5.41, 5.74) is 1.69. The van der Waals surface area contributed by atoms with Crippen molar-refractivity contribution in [2.24, 2.45) is 0 Å². The SMILES string of the molecule is C=CC(C)(CCCc1cccc(Oc2ccccc2)n1)c1ccc(OC(F)F)cc1. The molecule has 156 valence electrons. The summed E-state index contributed by atoms with van der Waals surface area (Å²) >= 11 is 0. The summed E-state index contributed by atoms with van der Waals surface area (Å²) in [7, 11) is 0. The lowest BCUT2D eigenvalue weighted by Crippen LogP contribution is -2.19. The number of benzene rings is 2. The second-order valence-electron chi connectivity index (χ2n) is 7.26. The zero-order valence-corrected chi connectivity index (χ0v) is 16.9. The average Bonchev–Trinajstić information content (AvgIpc) is 2.75. The minimum absolute atomic E-state index is 0.152. The van der Waals surface area contributed by atoms with Crippen molar-refractivity contribution >= 4 is 0 Å². The summed E-state index contributed by atoms with van der Waals surface area (Å²) in [6.45, 7) is 3.24. The molecule has 5 heteroatoms. The molecule has 3 rings (SSSR count). The average molecular weight is 409 g/mol. The van der Waals surface area contributed by atoms with Crippen molar-refractivity contribution in [2.75, 3.05) is 0 Å². The Kier molecular flexibility index (Phi) is 7.17. The highest BCUT2D eigenvalue weighted by atomic mass is 19.3. The van der Waals surface area contributed by atoms with E-state index in [1.807, 2.05) is 66.7 Å². The van der Waals surface area contributed by atoms with Gasteiger partial charge in [-0.1, -0.05) is 49.4 Å². The van der Waals surface area contributed by atoms with Gasteiger partial charge in [-0.15, -0.1) is 6.58 Å². The second kappa shape index (κ2) is 10.0. The molecule has 1 aromatic heterocycles. The van der Waals surface area contributed by atoms with Crippen LogP contribution in [0.15, 0.2) is 85.5 Å². The highest BCUT2D eigenvalue weighted by molar-refractivity contribution is 5.35. The molecule has 30 heavy (non-hydrogen) atoms. The topological polar surface area (TPSA) is 31.4 Å². The van der Waals surface area contributed by atoms with Crippen molar-refractivity contribution in [3.8, 4) is 17.4 Å². The van der Waals surface area contributed by atoms with Crippen LogP contribution in [0.2, 0.25) is 0 Å². The van der Waals surface area contributed by atoms with E-state index < -0.39 is 6.61 Å². The number of nitrogens with zero attached hydrogens (tertiary/aromatic N) is 1. The molecule has 3 aromatic rings. The van der Waals surface area contributed by atoms with Gasteiger partial charge in [0.1, 0.15) is 11.5 Å². The highest BCUT2D eigenvalue weighted by Crippen LogP contribution is 2.32. The fraction of sp³-hybridized carbons (Fsp3) is 0.240. The van der Waals surface area contributed by atoms with E-state index >= 15 is 0 Å². The van der Waals surface area contributed by atoms with Gasteiger partial charge in [0.25, 0.3) is 0 Å². The molecule has 0 aliphatic carbocycles. The summed E-state index contributed by atoms with van der Waals surface area (Å²) in [6.07, 6.45) is 4.43. The molecule has 1 atom stereocenters. The molecule has 0 spiro atoms. The predicted octanol–water partition coefficient (Wildman–Crippen LogP) is 6.94. The van der Waals surface area contributed by atoms with Crippen LogP contribution in [0.1, 0.15) is 31.0 Å². The van der Waals surface area contributed by atoms with Crippen LogP contribution < -0.4 is 9.47 Å². The first-order valence-corrected chi connectivity index (χ1v) is 9.86. The number of hydrogen-bond acceptors (Lipinski definition) is 3. The molecule has 1 unspecified atom stereocenters. The Hall–Kier alpha value is -3.21. The monoisotopic (exact) mass is 409 g/mol. The molecule has 0 amide bonds. The van der Waals surface area contributed by atoms with Gasteiger partial charge in [-0.25, -0.2) is 4.98 Å². The fourth-order valence-corrected chi connectivity index (χ4v) is 3.28. The Labute approximate surface area is 176 Å². The smallest absolute Gasteiger partial charge is 0.387 e. The maximum atomic E-state index is 12.3. The van der Waals surface area contributed by atoms with Crippen LogP contribution in [0.5, 0.6) is 17.4 Å². The molecule has 3 nitrogen and oxygen atoms in total. The van der Waals surface area contributed by atoms with E-state index in [0.29, 0.717) is 5.88 Å². The molecular weight excluding hydrogens is 384 g/mol. The number of aromatic nitrogens is 1. The van der Waals surface area contributed by atoms with Crippen LogP contribution in [0, 0.1) is 0 Å². The first kappa shape index (κ1) is 21.5. The van der Waals surface area contributed by atoms with Gasteiger partial charge in [-0.2, -0.15) is 8.78 Å². The van der Waals surface area contributed by atoms with E-state index in [2.05, 4.69) is 23.2 Å². The van der Waals surface area contributed by atoms with Gasteiger partial charge < -0.3 is 9.47 Å².